The molecule has 0 heterocycles. The zero-order valence-corrected chi connectivity index (χ0v) is 12.4. The van der Waals surface area contributed by atoms with Crippen LogP contribution in [0.25, 0.3) is 0 Å². The lowest BCUT2D eigenvalue weighted by atomic mass is 9.90. The highest BCUT2D eigenvalue weighted by Gasteiger charge is 2.42. The number of ether oxygens (including phenoxy) is 1. The van der Waals surface area contributed by atoms with E-state index >= 15 is 0 Å². The molecule has 2 rings (SSSR count). The van der Waals surface area contributed by atoms with Crippen molar-refractivity contribution in [2.24, 2.45) is 0 Å². The van der Waals surface area contributed by atoms with Crippen LogP contribution in [-0.4, -0.2) is 29.7 Å². The van der Waals surface area contributed by atoms with Crippen molar-refractivity contribution in [3.05, 3.63) is 70.3 Å². The molecule has 0 saturated carbocycles. The lowest BCUT2D eigenvalue weighted by Crippen LogP contribution is -2.47. The molecule has 0 fully saturated rings. The Bertz CT molecular complexity index is 705. The fraction of sp³-hybridized carbons (Fsp3) is 0.188. The Balaban J connectivity index is 2.56. The SMILES string of the molecule is COC(=O)C(CO)(Nc1ccccc1[N+](=O)[O-])c1ccccc1. The zero-order valence-electron chi connectivity index (χ0n) is 12.4. The number of hydrogen-bond donors (Lipinski definition) is 2. The van der Waals surface area contributed by atoms with Gasteiger partial charge in [-0.2, -0.15) is 0 Å². The van der Waals surface area contributed by atoms with E-state index in [0.717, 1.165) is 0 Å². The number of anilines is 1. The molecule has 1 atom stereocenters. The van der Waals surface area contributed by atoms with Gasteiger partial charge in [0.25, 0.3) is 5.69 Å². The third-order valence-electron chi connectivity index (χ3n) is 3.49. The lowest BCUT2D eigenvalue weighted by Gasteiger charge is -2.31. The summed E-state index contributed by atoms with van der Waals surface area (Å²) >= 11 is 0. The van der Waals surface area contributed by atoms with Gasteiger partial charge >= 0.3 is 5.97 Å². The zero-order chi connectivity index (χ0) is 16.9. The second-order valence-electron chi connectivity index (χ2n) is 4.82. The van der Waals surface area contributed by atoms with Crippen molar-refractivity contribution < 1.29 is 19.6 Å². The first-order valence-electron chi connectivity index (χ1n) is 6.81. The van der Waals surface area contributed by atoms with Gasteiger partial charge in [0.2, 0.25) is 0 Å². The summed E-state index contributed by atoms with van der Waals surface area (Å²) in [5.41, 5.74) is -1.29. The number of para-hydroxylation sites is 2. The molecule has 0 radical (unpaired) electrons. The van der Waals surface area contributed by atoms with E-state index in [-0.39, 0.29) is 11.4 Å². The smallest absolute Gasteiger partial charge is 0.338 e. The number of esters is 1. The van der Waals surface area contributed by atoms with Crippen LogP contribution in [0.1, 0.15) is 5.56 Å². The summed E-state index contributed by atoms with van der Waals surface area (Å²) in [5, 5.41) is 23.8. The number of nitrogens with one attached hydrogen (secondary N) is 1. The minimum Gasteiger partial charge on any atom is -0.467 e. The molecule has 23 heavy (non-hydrogen) atoms. The average molecular weight is 316 g/mol. The Morgan fingerprint density at radius 3 is 2.39 bits per heavy atom. The molecule has 0 amide bonds. The maximum absolute atomic E-state index is 12.3. The summed E-state index contributed by atoms with van der Waals surface area (Å²) in [6, 6.07) is 14.3. The number of aliphatic hydroxyl groups excluding tert-OH is 1. The Labute approximate surface area is 132 Å². The van der Waals surface area contributed by atoms with Gasteiger partial charge in [0.15, 0.2) is 5.54 Å². The number of rotatable bonds is 6. The van der Waals surface area contributed by atoms with Crippen LogP contribution in [0.5, 0.6) is 0 Å². The number of nitro groups is 1. The monoisotopic (exact) mass is 316 g/mol. The molecule has 7 heteroatoms. The van der Waals surface area contributed by atoms with Crippen molar-refractivity contribution in [1.82, 2.24) is 0 Å². The maximum Gasteiger partial charge on any atom is 0.338 e. The van der Waals surface area contributed by atoms with Crippen LogP contribution in [0.2, 0.25) is 0 Å². The third-order valence-corrected chi connectivity index (χ3v) is 3.49. The predicted octanol–water partition coefficient (Wildman–Crippen LogP) is 2.07. The van der Waals surface area contributed by atoms with Crippen LogP contribution in [0.3, 0.4) is 0 Å². The number of nitro benzene ring substituents is 1. The van der Waals surface area contributed by atoms with Crippen molar-refractivity contribution in [3.63, 3.8) is 0 Å². The molecule has 0 bridgehead atoms. The molecule has 0 saturated heterocycles. The standard InChI is InChI=1S/C16H16N2O5/c1-23-15(20)16(11-19,12-7-3-2-4-8-12)17-13-9-5-6-10-14(13)18(21)22/h2-10,17,19H,11H2,1H3. The first kappa shape index (κ1) is 16.4. The van der Waals surface area contributed by atoms with Crippen LogP contribution >= 0.6 is 0 Å². The summed E-state index contributed by atoms with van der Waals surface area (Å²) in [5.74, 6) is -0.746. The minimum absolute atomic E-state index is 0.112. The highest BCUT2D eigenvalue weighted by Crippen LogP contribution is 2.32. The highest BCUT2D eigenvalue weighted by atomic mass is 16.6. The second-order valence-corrected chi connectivity index (χ2v) is 4.82. The Morgan fingerprint density at radius 1 is 1.22 bits per heavy atom. The van der Waals surface area contributed by atoms with Crippen LogP contribution < -0.4 is 5.32 Å². The van der Waals surface area contributed by atoms with Gasteiger partial charge in [0, 0.05) is 6.07 Å². The van der Waals surface area contributed by atoms with Crippen LogP contribution in [0.15, 0.2) is 54.6 Å². The molecule has 0 aliphatic heterocycles. The normalized spacial score (nSPS) is 13.0. The average Bonchev–Trinajstić information content (AvgIpc) is 2.60. The number of carbonyl (C=O) groups is 1. The molecule has 0 aliphatic rings. The summed E-state index contributed by atoms with van der Waals surface area (Å²) in [4.78, 5) is 22.9. The van der Waals surface area contributed by atoms with E-state index in [2.05, 4.69) is 5.32 Å². The molecule has 2 N–H and O–H groups in total. The maximum atomic E-state index is 12.3. The van der Waals surface area contributed by atoms with E-state index in [1.165, 1.54) is 25.3 Å². The third kappa shape index (κ3) is 3.14. The number of carbonyl (C=O) groups excluding carboxylic acids is 1. The largest absolute Gasteiger partial charge is 0.467 e. The predicted molar refractivity (Wildman–Crippen MR) is 83.9 cm³/mol. The molecule has 1 unspecified atom stereocenters. The molecule has 0 aromatic heterocycles. The summed E-state index contributed by atoms with van der Waals surface area (Å²) in [6.45, 7) is -0.629. The Morgan fingerprint density at radius 2 is 1.83 bits per heavy atom. The molecule has 0 spiro atoms. The van der Waals surface area contributed by atoms with E-state index in [1.54, 1.807) is 36.4 Å². The summed E-state index contributed by atoms with van der Waals surface area (Å²) in [6.07, 6.45) is 0. The topological polar surface area (TPSA) is 102 Å². The molecular formula is C16H16N2O5. The number of nitrogens with zero attached hydrogens (tertiary/aromatic N) is 1. The van der Waals surface area contributed by atoms with Crippen LogP contribution in [0.4, 0.5) is 11.4 Å². The van der Waals surface area contributed by atoms with Gasteiger partial charge in [-0.1, -0.05) is 42.5 Å². The van der Waals surface area contributed by atoms with Gasteiger partial charge in [-0.3, -0.25) is 10.1 Å². The first-order valence-corrected chi connectivity index (χ1v) is 6.81. The van der Waals surface area contributed by atoms with Gasteiger partial charge in [0.1, 0.15) is 5.69 Å². The molecule has 0 aliphatic carbocycles. The van der Waals surface area contributed by atoms with E-state index < -0.39 is 23.0 Å². The minimum atomic E-state index is -1.64. The molecule has 7 nitrogen and oxygen atoms in total. The second kappa shape index (κ2) is 6.89. The summed E-state index contributed by atoms with van der Waals surface area (Å²) in [7, 11) is 1.19. The lowest BCUT2D eigenvalue weighted by molar-refractivity contribution is -0.384. The molecular weight excluding hydrogens is 300 g/mol. The Hall–Kier alpha value is -2.93. The van der Waals surface area contributed by atoms with Crippen molar-refractivity contribution in [2.45, 2.75) is 5.54 Å². The van der Waals surface area contributed by atoms with Crippen LogP contribution in [0, 0.1) is 10.1 Å². The van der Waals surface area contributed by atoms with Crippen LogP contribution in [-0.2, 0) is 15.1 Å². The number of methoxy groups -OCH3 is 1. The van der Waals surface area contributed by atoms with Gasteiger partial charge in [-0.15, -0.1) is 0 Å². The van der Waals surface area contributed by atoms with E-state index in [4.69, 9.17) is 4.74 Å². The van der Waals surface area contributed by atoms with Gasteiger partial charge in [0.05, 0.1) is 18.6 Å². The highest BCUT2D eigenvalue weighted by molar-refractivity contribution is 5.87. The van der Waals surface area contributed by atoms with Crippen molar-refractivity contribution in [2.75, 3.05) is 19.0 Å². The summed E-state index contributed by atoms with van der Waals surface area (Å²) < 4.78 is 4.80. The molecule has 2 aromatic carbocycles. The number of benzene rings is 2. The number of hydrogen-bond acceptors (Lipinski definition) is 6. The van der Waals surface area contributed by atoms with E-state index in [0.29, 0.717) is 5.56 Å². The van der Waals surface area contributed by atoms with E-state index in [1.807, 2.05) is 0 Å². The van der Waals surface area contributed by atoms with Gasteiger partial charge < -0.3 is 15.2 Å². The quantitative estimate of drug-likeness (QED) is 0.480. The number of aliphatic hydroxyl groups is 1. The van der Waals surface area contributed by atoms with Crippen molar-refractivity contribution in [1.29, 1.82) is 0 Å². The van der Waals surface area contributed by atoms with E-state index in [9.17, 15) is 20.0 Å². The fourth-order valence-corrected chi connectivity index (χ4v) is 2.30. The van der Waals surface area contributed by atoms with Crippen molar-refractivity contribution in [3.8, 4) is 0 Å². The van der Waals surface area contributed by atoms with Gasteiger partial charge in [-0.25, -0.2) is 4.79 Å². The fourth-order valence-electron chi connectivity index (χ4n) is 2.30. The van der Waals surface area contributed by atoms with Gasteiger partial charge in [-0.05, 0) is 11.6 Å². The Kier molecular flexibility index (Phi) is 4.92. The molecule has 2 aromatic rings. The van der Waals surface area contributed by atoms with Crippen molar-refractivity contribution >= 4 is 17.3 Å². The first-order chi connectivity index (χ1) is 11.0. The molecule has 120 valence electrons.